The minimum Gasteiger partial charge on any atom is -0.507 e. The van der Waals surface area contributed by atoms with Crippen molar-refractivity contribution in [2.24, 2.45) is 0 Å². The molecular weight excluding hydrogens is 346 g/mol. The summed E-state index contributed by atoms with van der Waals surface area (Å²) < 4.78 is 12.0. The Balaban J connectivity index is 2.33. The number of hydrogen-bond acceptors (Lipinski definition) is 3. The predicted octanol–water partition coefficient (Wildman–Crippen LogP) is 4.55. The minimum atomic E-state index is -1.16. The Morgan fingerprint density at radius 3 is 2.62 bits per heavy atom. The Morgan fingerprint density at radius 2 is 2.00 bits per heavy atom. The van der Waals surface area contributed by atoms with Crippen LogP contribution in [0.3, 0.4) is 0 Å². The standard InChI is InChI=1S/C18H20ClNO3S/c1-4-11(2)14-7-6-13(10-17(14)24(3)23)20-18(22)15-9-12(19)5-8-16(15)21/h5-11,21H,4H2,1-3H3,(H,20,22). The molecule has 0 fully saturated rings. The van der Waals surface area contributed by atoms with Crippen LogP contribution in [0.5, 0.6) is 5.75 Å². The van der Waals surface area contributed by atoms with Crippen molar-refractivity contribution >= 4 is 34.0 Å². The van der Waals surface area contributed by atoms with Gasteiger partial charge in [-0.15, -0.1) is 0 Å². The fourth-order valence-electron chi connectivity index (χ4n) is 2.38. The summed E-state index contributed by atoms with van der Waals surface area (Å²) in [5, 5.41) is 12.9. The van der Waals surface area contributed by atoms with E-state index in [9.17, 15) is 14.1 Å². The molecule has 0 heterocycles. The molecule has 0 spiro atoms. The molecule has 0 radical (unpaired) electrons. The summed E-state index contributed by atoms with van der Waals surface area (Å²) in [5.74, 6) is -0.336. The van der Waals surface area contributed by atoms with Crippen LogP contribution in [0.4, 0.5) is 5.69 Å². The zero-order valence-electron chi connectivity index (χ0n) is 13.8. The lowest BCUT2D eigenvalue weighted by Crippen LogP contribution is -2.13. The van der Waals surface area contributed by atoms with Crippen molar-refractivity contribution in [2.45, 2.75) is 31.1 Å². The van der Waals surface area contributed by atoms with Crippen molar-refractivity contribution in [2.75, 3.05) is 11.6 Å². The Morgan fingerprint density at radius 1 is 1.29 bits per heavy atom. The molecule has 6 heteroatoms. The highest BCUT2D eigenvalue weighted by Gasteiger charge is 2.16. The molecular formula is C18H20ClNO3S. The molecule has 1 amide bonds. The number of benzene rings is 2. The van der Waals surface area contributed by atoms with Crippen LogP contribution in [-0.4, -0.2) is 21.5 Å². The second kappa shape index (κ2) is 7.81. The van der Waals surface area contributed by atoms with Crippen LogP contribution < -0.4 is 5.32 Å². The van der Waals surface area contributed by atoms with Gasteiger partial charge < -0.3 is 10.4 Å². The monoisotopic (exact) mass is 365 g/mol. The van der Waals surface area contributed by atoms with E-state index < -0.39 is 16.7 Å². The SMILES string of the molecule is CCC(C)c1ccc(NC(=O)c2cc(Cl)ccc2O)cc1S(C)=O. The van der Waals surface area contributed by atoms with Crippen LogP contribution in [0.2, 0.25) is 5.02 Å². The number of halogens is 1. The van der Waals surface area contributed by atoms with Gasteiger partial charge in [0, 0.05) is 21.9 Å². The molecule has 2 unspecified atom stereocenters. The summed E-state index contributed by atoms with van der Waals surface area (Å²) in [6.45, 7) is 4.15. The van der Waals surface area contributed by atoms with Crippen LogP contribution in [0.25, 0.3) is 0 Å². The summed E-state index contributed by atoms with van der Waals surface area (Å²) in [4.78, 5) is 13.0. The maximum Gasteiger partial charge on any atom is 0.259 e. The normalized spacial score (nSPS) is 13.3. The van der Waals surface area contributed by atoms with E-state index in [0.29, 0.717) is 15.6 Å². The van der Waals surface area contributed by atoms with Crippen LogP contribution in [-0.2, 0) is 10.8 Å². The van der Waals surface area contributed by atoms with Gasteiger partial charge in [0.2, 0.25) is 0 Å². The van der Waals surface area contributed by atoms with Crippen molar-refractivity contribution in [3.8, 4) is 5.75 Å². The number of anilines is 1. The zero-order valence-corrected chi connectivity index (χ0v) is 15.4. The van der Waals surface area contributed by atoms with Gasteiger partial charge in [0.05, 0.1) is 16.4 Å². The first kappa shape index (κ1) is 18.5. The maximum atomic E-state index is 12.3. The van der Waals surface area contributed by atoms with Gasteiger partial charge in [-0.1, -0.05) is 31.5 Å². The van der Waals surface area contributed by atoms with Crippen molar-refractivity contribution in [3.05, 3.63) is 52.5 Å². The van der Waals surface area contributed by atoms with Gasteiger partial charge in [0.15, 0.2) is 0 Å². The van der Waals surface area contributed by atoms with Gasteiger partial charge in [-0.25, -0.2) is 0 Å². The highest BCUT2D eigenvalue weighted by molar-refractivity contribution is 7.84. The average Bonchev–Trinajstić information content (AvgIpc) is 2.56. The quantitative estimate of drug-likeness (QED) is 0.816. The van der Waals surface area contributed by atoms with Crippen molar-refractivity contribution in [1.29, 1.82) is 0 Å². The summed E-state index contributed by atoms with van der Waals surface area (Å²) in [5.41, 5.74) is 1.63. The number of amides is 1. The van der Waals surface area contributed by atoms with Crippen LogP contribution in [0.1, 0.15) is 42.1 Å². The van der Waals surface area contributed by atoms with Crippen LogP contribution >= 0.6 is 11.6 Å². The number of carbonyl (C=O) groups excluding carboxylic acids is 1. The van der Waals surface area contributed by atoms with Crippen LogP contribution in [0, 0.1) is 0 Å². The largest absolute Gasteiger partial charge is 0.507 e. The first-order valence-electron chi connectivity index (χ1n) is 7.60. The van der Waals surface area contributed by atoms with E-state index in [1.54, 1.807) is 18.4 Å². The van der Waals surface area contributed by atoms with Gasteiger partial charge in [0.1, 0.15) is 5.75 Å². The number of phenolic OH excluding ortho intramolecular Hbond substituents is 1. The van der Waals surface area contributed by atoms with E-state index in [4.69, 9.17) is 11.6 Å². The molecule has 0 saturated heterocycles. The average molecular weight is 366 g/mol. The van der Waals surface area contributed by atoms with Gasteiger partial charge in [-0.05, 0) is 48.2 Å². The predicted molar refractivity (Wildman–Crippen MR) is 98.6 cm³/mol. The molecule has 4 nitrogen and oxygen atoms in total. The Bertz CT molecular complexity index is 792. The van der Waals surface area contributed by atoms with E-state index in [-0.39, 0.29) is 17.2 Å². The van der Waals surface area contributed by atoms with E-state index in [0.717, 1.165) is 12.0 Å². The van der Waals surface area contributed by atoms with E-state index in [1.165, 1.54) is 18.2 Å². The lowest BCUT2D eigenvalue weighted by molar-refractivity contribution is 0.102. The Kier molecular flexibility index (Phi) is 6.02. The second-order valence-electron chi connectivity index (χ2n) is 5.63. The fourth-order valence-corrected chi connectivity index (χ4v) is 3.44. The first-order valence-corrected chi connectivity index (χ1v) is 9.54. The Labute approximate surface area is 149 Å². The van der Waals surface area contributed by atoms with E-state index in [2.05, 4.69) is 19.2 Å². The lowest BCUT2D eigenvalue weighted by atomic mass is 9.98. The molecule has 0 bridgehead atoms. The zero-order chi connectivity index (χ0) is 17.9. The highest BCUT2D eigenvalue weighted by Crippen LogP contribution is 2.28. The number of rotatable bonds is 5. The molecule has 0 aliphatic rings. The van der Waals surface area contributed by atoms with Crippen molar-refractivity contribution < 1.29 is 14.1 Å². The smallest absolute Gasteiger partial charge is 0.259 e. The van der Waals surface area contributed by atoms with Gasteiger partial charge in [-0.3, -0.25) is 9.00 Å². The topological polar surface area (TPSA) is 66.4 Å². The number of carbonyl (C=O) groups is 1. The minimum absolute atomic E-state index is 0.0904. The molecule has 0 saturated carbocycles. The van der Waals surface area contributed by atoms with E-state index >= 15 is 0 Å². The maximum absolute atomic E-state index is 12.3. The molecule has 2 aromatic rings. The highest BCUT2D eigenvalue weighted by atomic mass is 35.5. The molecule has 2 N–H and O–H groups in total. The van der Waals surface area contributed by atoms with Gasteiger partial charge >= 0.3 is 0 Å². The number of phenols is 1. The summed E-state index contributed by atoms with van der Waals surface area (Å²) in [7, 11) is -1.16. The van der Waals surface area contributed by atoms with E-state index in [1.807, 2.05) is 6.07 Å². The molecule has 2 rings (SSSR count). The molecule has 0 aliphatic heterocycles. The molecule has 2 aromatic carbocycles. The molecule has 2 atom stereocenters. The number of hydrogen-bond donors (Lipinski definition) is 2. The summed E-state index contributed by atoms with van der Waals surface area (Å²) >= 11 is 5.87. The van der Waals surface area contributed by atoms with Crippen molar-refractivity contribution in [1.82, 2.24) is 0 Å². The molecule has 128 valence electrons. The van der Waals surface area contributed by atoms with Crippen LogP contribution in [0.15, 0.2) is 41.3 Å². The lowest BCUT2D eigenvalue weighted by Gasteiger charge is -2.15. The third-order valence-corrected chi connectivity index (χ3v) is 5.14. The first-order chi connectivity index (χ1) is 11.3. The summed E-state index contributed by atoms with van der Waals surface area (Å²) in [6, 6.07) is 9.66. The fraction of sp³-hybridized carbons (Fsp3) is 0.278. The van der Waals surface area contributed by atoms with Gasteiger partial charge in [-0.2, -0.15) is 0 Å². The molecule has 24 heavy (non-hydrogen) atoms. The third kappa shape index (κ3) is 4.16. The number of nitrogens with one attached hydrogen (secondary N) is 1. The third-order valence-electron chi connectivity index (χ3n) is 3.93. The Hall–Kier alpha value is -1.85. The second-order valence-corrected chi connectivity index (χ2v) is 7.42. The summed E-state index contributed by atoms with van der Waals surface area (Å²) in [6.07, 6.45) is 2.56. The number of aromatic hydroxyl groups is 1. The van der Waals surface area contributed by atoms with Gasteiger partial charge in [0.25, 0.3) is 5.91 Å². The molecule has 0 aliphatic carbocycles. The van der Waals surface area contributed by atoms with Crippen molar-refractivity contribution in [3.63, 3.8) is 0 Å². The molecule has 0 aromatic heterocycles.